The Kier molecular flexibility index (Phi) is 7.11. The Balaban J connectivity index is 1.93. The van der Waals surface area contributed by atoms with Gasteiger partial charge in [0, 0.05) is 20.1 Å². The lowest BCUT2D eigenvalue weighted by Crippen LogP contribution is -2.23. The van der Waals surface area contributed by atoms with E-state index in [1.807, 2.05) is 48.5 Å². The number of carbonyl (C=O) groups excluding carboxylic acids is 1. The van der Waals surface area contributed by atoms with Crippen molar-refractivity contribution in [3.8, 4) is 11.5 Å². The Bertz CT molecular complexity index is 643. The highest BCUT2D eigenvalue weighted by Gasteiger charge is 2.07. The van der Waals surface area contributed by atoms with Crippen molar-refractivity contribution in [2.45, 2.75) is 19.6 Å². The lowest BCUT2D eigenvalue weighted by molar-refractivity contribution is -0.122. The van der Waals surface area contributed by atoms with E-state index < -0.39 is 0 Å². The van der Waals surface area contributed by atoms with Crippen LogP contribution in [0, 0.1) is 0 Å². The first-order chi connectivity index (χ1) is 11.7. The molecule has 0 fully saturated rings. The van der Waals surface area contributed by atoms with Crippen LogP contribution in [0.25, 0.3) is 0 Å². The van der Waals surface area contributed by atoms with E-state index in [0.717, 1.165) is 11.1 Å². The van der Waals surface area contributed by atoms with Crippen LogP contribution in [0.15, 0.2) is 48.5 Å². The van der Waals surface area contributed by atoms with Crippen molar-refractivity contribution in [1.82, 2.24) is 5.32 Å². The molecule has 0 unspecified atom stereocenters. The SMILES string of the molecule is COCCC(=O)NCc1ccc(OCc2ccccc2)c(OC)c1. The van der Waals surface area contributed by atoms with E-state index in [-0.39, 0.29) is 5.91 Å². The molecule has 1 amide bonds. The Hall–Kier alpha value is -2.53. The summed E-state index contributed by atoms with van der Waals surface area (Å²) >= 11 is 0. The van der Waals surface area contributed by atoms with Gasteiger partial charge in [0.25, 0.3) is 0 Å². The quantitative estimate of drug-likeness (QED) is 0.768. The zero-order chi connectivity index (χ0) is 17.2. The highest BCUT2D eigenvalue weighted by molar-refractivity contribution is 5.75. The van der Waals surface area contributed by atoms with Crippen molar-refractivity contribution in [2.75, 3.05) is 20.8 Å². The van der Waals surface area contributed by atoms with Crippen molar-refractivity contribution in [1.29, 1.82) is 0 Å². The number of hydrogen-bond acceptors (Lipinski definition) is 4. The lowest BCUT2D eigenvalue weighted by Gasteiger charge is -2.13. The third-order valence-corrected chi connectivity index (χ3v) is 3.49. The number of ether oxygens (including phenoxy) is 3. The van der Waals surface area contributed by atoms with Gasteiger partial charge in [-0.1, -0.05) is 36.4 Å². The second kappa shape index (κ2) is 9.57. The molecule has 2 rings (SSSR count). The van der Waals surface area contributed by atoms with Crippen LogP contribution in [0.1, 0.15) is 17.5 Å². The summed E-state index contributed by atoms with van der Waals surface area (Å²) in [5, 5.41) is 2.85. The molecule has 2 aromatic carbocycles. The van der Waals surface area contributed by atoms with Crippen LogP contribution in [0.4, 0.5) is 0 Å². The lowest BCUT2D eigenvalue weighted by atomic mass is 10.2. The maximum atomic E-state index is 11.6. The van der Waals surface area contributed by atoms with Crippen molar-refractivity contribution < 1.29 is 19.0 Å². The largest absolute Gasteiger partial charge is 0.493 e. The van der Waals surface area contributed by atoms with Gasteiger partial charge < -0.3 is 19.5 Å². The zero-order valence-electron chi connectivity index (χ0n) is 14.1. The van der Waals surface area contributed by atoms with Crippen molar-refractivity contribution >= 4 is 5.91 Å². The highest BCUT2D eigenvalue weighted by atomic mass is 16.5. The molecule has 0 bridgehead atoms. The molecule has 0 aliphatic rings. The van der Waals surface area contributed by atoms with Crippen LogP contribution < -0.4 is 14.8 Å². The zero-order valence-corrected chi connectivity index (χ0v) is 14.1. The maximum Gasteiger partial charge on any atom is 0.222 e. The summed E-state index contributed by atoms with van der Waals surface area (Å²) in [5.41, 5.74) is 2.04. The van der Waals surface area contributed by atoms with Gasteiger partial charge in [0.05, 0.1) is 13.7 Å². The molecule has 1 N–H and O–H groups in total. The predicted molar refractivity (Wildman–Crippen MR) is 92.1 cm³/mol. The molecule has 0 heterocycles. The standard InChI is InChI=1S/C19H23NO4/c1-22-11-10-19(21)20-13-16-8-9-17(18(12-16)23-2)24-14-15-6-4-3-5-7-15/h3-9,12H,10-11,13-14H2,1-2H3,(H,20,21). The molecule has 0 spiro atoms. The predicted octanol–water partition coefficient (Wildman–Crippen LogP) is 2.93. The summed E-state index contributed by atoms with van der Waals surface area (Å²) in [6.45, 7) is 1.34. The van der Waals surface area contributed by atoms with Crippen LogP contribution in [0.3, 0.4) is 0 Å². The van der Waals surface area contributed by atoms with Gasteiger partial charge >= 0.3 is 0 Å². The van der Waals surface area contributed by atoms with Gasteiger partial charge in [-0.25, -0.2) is 0 Å². The van der Waals surface area contributed by atoms with Gasteiger partial charge in [0.15, 0.2) is 11.5 Å². The molecular weight excluding hydrogens is 306 g/mol. The van der Waals surface area contributed by atoms with Gasteiger partial charge in [0.2, 0.25) is 5.91 Å². The Morgan fingerprint density at radius 3 is 2.50 bits per heavy atom. The Morgan fingerprint density at radius 1 is 1.00 bits per heavy atom. The number of rotatable bonds is 9. The van der Waals surface area contributed by atoms with Crippen molar-refractivity contribution in [2.24, 2.45) is 0 Å². The molecule has 0 aliphatic heterocycles. The number of nitrogens with one attached hydrogen (secondary N) is 1. The fourth-order valence-electron chi connectivity index (χ4n) is 2.16. The second-order valence-corrected chi connectivity index (χ2v) is 5.28. The Morgan fingerprint density at radius 2 is 1.79 bits per heavy atom. The fraction of sp³-hybridized carbons (Fsp3) is 0.316. The summed E-state index contributed by atoms with van der Waals surface area (Å²) in [6, 6.07) is 15.6. The van der Waals surface area contributed by atoms with Crippen molar-refractivity contribution in [3.63, 3.8) is 0 Å². The molecule has 0 aromatic heterocycles. The number of hydrogen-bond donors (Lipinski definition) is 1. The van der Waals surface area contributed by atoms with Gasteiger partial charge in [-0.15, -0.1) is 0 Å². The average molecular weight is 329 g/mol. The van der Waals surface area contributed by atoms with E-state index in [1.54, 1.807) is 14.2 Å². The molecule has 24 heavy (non-hydrogen) atoms. The van der Waals surface area contributed by atoms with Gasteiger partial charge in [0.1, 0.15) is 6.61 Å². The molecule has 0 aliphatic carbocycles. The van der Waals surface area contributed by atoms with Crippen LogP contribution in [0.2, 0.25) is 0 Å². The summed E-state index contributed by atoms with van der Waals surface area (Å²) in [4.78, 5) is 11.6. The molecule has 5 nitrogen and oxygen atoms in total. The first-order valence-corrected chi connectivity index (χ1v) is 7.82. The summed E-state index contributed by atoms with van der Waals surface area (Å²) in [7, 11) is 3.18. The summed E-state index contributed by atoms with van der Waals surface area (Å²) in [5.74, 6) is 1.28. The first-order valence-electron chi connectivity index (χ1n) is 7.82. The van der Waals surface area contributed by atoms with Crippen LogP contribution in [-0.2, 0) is 22.7 Å². The van der Waals surface area contributed by atoms with E-state index in [0.29, 0.717) is 37.7 Å². The second-order valence-electron chi connectivity index (χ2n) is 5.28. The molecule has 0 saturated carbocycles. The number of carbonyl (C=O) groups is 1. The van der Waals surface area contributed by atoms with E-state index in [9.17, 15) is 4.79 Å². The molecular formula is C19H23NO4. The van der Waals surface area contributed by atoms with Crippen molar-refractivity contribution in [3.05, 3.63) is 59.7 Å². The number of benzene rings is 2. The monoisotopic (exact) mass is 329 g/mol. The average Bonchev–Trinajstić information content (AvgIpc) is 2.64. The molecule has 0 atom stereocenters. The highest BCUT2D eigenvalue weighted by Crippen LogP contribution is 2.28. The van der Waals surface area contributed by atoms with Gasteiger partial charge in [-0.05, 0) is 23.3 Å². The van der Waals surface area contributed by atoms with E-state index in [4.69, 9.17) is 14.2 Å². The van der Waals surface area contributed by atoms with Crippen LogP contribution in [-0.4, -0.2) is 26.7 Å². The fourth-order valence-corrected chi connectivity index (χ4v) is 2.16. The molecule has 5 heteroatoms. The van der Waals surface area contributed by atoms with Gasteiger partial charge in [-0.2, -0.15) is 0 Å². The molecule has 128 valence electrons. The van der Waals surface area contributed by atoms with Gasteiger partial charge in [-0.3, -0.25) is 4.79 Å². The maximum absolute atomic E-state index is 11.6. The van der Waals surface area contributed by atoms with Crippen LogP contribution >= 0.6 is 0 Å². The summed E-state index contributed by atoms with van der Waals surface area (Å²) < 4.78 is 16.1. The molecule has 0 saturated heterocycles. The molecule has 0 radical (unpaired) electrons. The first kappa shape index (κ1) is 17.8. The number of methoxy groups -OCH3 is 2. The third kappa shape index (κ3) is 5.59. The van der Waals surface area contributed by atoms with E-state index >= 15 is 0 Å². The normalized spacial score (nSPS) is 10.2. The van der Waals surface area contributed by atoms with E-state index in [2.05, 4.69) is 5.32 Å². The summed E-state index contributed by atoms with van der Waals surface area (Å²) in [6.07, 6.45) is 0.353. The van der Waals surface area contributed by atoms with E-state index in [1.165, 1.54) is 0 Å². The minimum absolute atomic E-state index is 0.0415. The minimum Gasteiger partial charge on any atom is -0.493 e. The topological polar surface area (TPSA) is 56.8 Å². The Labute approximate surface area is 142 Å². The van der Waals surface area contributed by atoms with Crippen LogP contribution in [0.5, 0.6) is 11.5 Å². The third-order valence-electron chi connectivity index (χ3n) is 3.49. The number of amides is 1. The minimum atomic E-state index is -0.0415. The molecule has 2 aromatic rings. The smallest absolute Gasteiger partial charge is 0.222 e.